The summed E-state index contributed by atoms with van der Waals surface area (Å²) in [5.41, 5.74) is 0.125. The second kappa shape index (κ2) is 6.30. The first kappa shape index (κ1) is 16.8. The fourth-order valence-corrected chi connectivity index (χ4v) is 3.05. The van der Waals surface area contributed by atoms with Crippen LogP contribution in [0.5, 0.6) is 0 Å². The second-order valence-electron chi connectivity index (χ2n) is 5.01. The Labute approximate surface area is 132 Å². The zero-order valence-corrected chi connectivity index (χ0v) is 13.6. The first-order chi connectivity index (χ1) is 10.7. The Bertz CT molecular complexity index is 830. The van der Waals surface area contributed by atoms with Gasteiger partial charge in [0.15, 0.2) is 0 Å². The van der Waals surface area contributed by atoms with Crippen LogP contribution in [0.1, 0.15) is 11.4 Å². The number of aryl methyl sites for hydroxylation is 1. The fourth-order valence-electron chi connectivity index (χ4n) is 1.80. The van der Waals surface area contributed by atoms with Crippen LogP contribution in [0.25, 0.3) is 0 Å². The summed E-state index contributed by atoms with van der Waals surface area (Å²) < 4.78 is 27.0. The van der Waals surface area contributed by atoms with Crippen LogP contribution < -0.4 is 9.62 Å². The van der Waals surface area contributed by atoms with Crippen LogP contribution in [0.3, 0.4) is 0 Å². The molecule has 0 unspecified atom stereocenters. The third-order valence-electron chi connectivity index (χ3n) is 3.02. The molecule has 2 rings (SSSR count). The van der Waals surface area contributed by atoms with Gasteiger partial charge in [-0.1, -0.05) is 6.07 Å². The molecule has 0 saturated carbocycles. The van der Waals surface area contributed by atoms with Crippen molar-refractivity contribution >= 4 is 21.7 Å². The van der Waals surface area contributed by atoms with Crippen LogP contribution in [0.15, 0.2) is 23.1 Å². The van der Waals surface area contributed by atoms with Crippen LogP contribution in [0.4, 0.5) is 11.6 Å². The van der Waals surface area contributed by atoms with Gasteiger partial charge in [-0.15, -0.1) is 5.10 Å². The van der Waals surface area contributed by atoms with E-state index in [9.17, 15) is 18.5 Å². The van der Waals surface area contributed by atoms with Gasteiger partial charge in [-0.25, -0.2) is 13.1 Å². The van der Waals surface area contributed by atoms with E-state index in [-0.39, 0.29) is 17.1 Å². The topological polar surface area (TPSA) is 134 Å². The maximum atomic E-state index is 12.3. The second-order valence-corrected chi connectivity index (χ2v) is 6.74. The average molecular weight is 340 g/mol. The van der Waals surface area contributed by atoms with E-state index in [2.05, 4.69) is 19.9 Å². The summed E-state index contributed by atoms with van der Waals surface area (Å²) in [4.78, 5) is 15.8. The van der Waals surface area contributed by atoms with Gasteiger partial charge in [0, 0.05) is 26.2 Å². The first-order valence-electron chi connectivity index (χ1n) is 6.54. The lowest BCUT2D eigenvalue weighted by Gasteiger charge is -2.08. The molecule has 1 heterocycles. The number of non-ortho nitro benzene ring substituents is 1. The summed E-state index contributed by atoms with van der Waals surface area (Å²) in [6.45, 7) is 1.46. The predicted octanol–water partition coefficient (Wildman–Crippen LogP) is 0.566. The SMILES string of the molecule is Cc1ccc([N+](=O)[O-])cc1S(=O)(=O)NCc1nc(N(C)C)n[nH]1. The number of H-pyrrole nitrogens is 1. The number of nitro groups is 1. The molecule has 2 aromatic rings. The Hall–Kier alpha value is -2.53. The van der Waals surface area contributed by atoms with Crippen molar-refractivity contribution in [1.29, 1.82) is 0 Å². The number of anilines is 1. The summed E-state index contributed by atoms with van der Waals surface area (Å²) in [6.07, 6.45) is 0. The van der Waals surface area contributed by atoms with Gasteiger partial charge in [-0.2, -0.15) is 4.98 Å². The molecule has 11 heteroatoms. The van der Waals surface area contributed by atoms with Gasteiger partial charge in [0.05, 0.1) is 16.4 Å². The number of hydrogen-bond acceptors (Lipinski definition) is 7. The normalized spacial score (nSPS) is 11.4. The molecule has 23 heavy (non-hydrogen) atoms. The number of nitrogens with zero attached hydrogens (tertiary/aromatic N) is 4. The molecule has 0 aliphatic carbocycles. The van der Waals surface area contributed by atoms with Crippen molar-refractivity contribution in [2.45, 2.75) is 18.4 Å². The molecular formula is C12H16N6O4S. The number of aromatic amines is 1. The van der Waals surface area contributed by atoms with Crippen LogP contribution in [-0.2, 0) is 16.6 Å². The fraction of sp³-hybridized carbons (Fsp3) is 0.333. The van der Waals surface area contributed by atoms with E-state index in [1.807, 2.05) is 0 Å². The summed E-state index contributed by atoms with van der Waals surface area (Å²) >= 11 is 0. The molecule has 0 radical (unpaired) electrons. The summed E-state index contributed by atoms with van der Waals surface area (Å²) in [6, 6.07) is 3.68. The lowest BCUT2D eigenvalue weighted by molar-refractivity contribution is -0.385. The van der Waals surface area contributed by atoms with Crippen LogP contribution in [0.2, 0.25) is 0 Å². The van der Waals surface area contributed by atoms with E-state index in [1.165, 1.54) is 12.1 Å². The smallest absolute Gasteiger partial charge is 0.270 e. The minimum absolute atomic E-state index is 0.106. The number of sulfonamides is 1. The molecule has 0 fully saturated rings. The van der Waals surface area contributed by atoms with Gasteiger partial charge in [0.25, 0.3) is 5.69 Å². The molecule has 124 valence electrons. The van der Waals surface area contributed by atoms with Crippen molar-refractivity contribution in [2.75, 3.05) is 19.0 Å². The van der Waals surface area contributed by atoms with Crippen molar-refractivity contribution in [3.8, 4) is 0 Å². The molecule has 0 atom stereocenters. The van der Waals surface area contributed by atoms with Crippen molar-refractivity contribution in [2.24, 2.45) is 0 Å². The third-order valence-corrected chi connectivity index (χ3v) is 4.56. The van der Waals surface area contributed by atoms with Gasteiger partial charge in [-0.3, -0.25) is 15.2 Å². The molecule has 1 aromatic heterocycles. The van der Waals surface area contributed by atoms with E-state index in [4.69, 9.17) is 0 Å². The van der Waals surface area contributed by atoms with Gasteiger partial charge in [-0.05, 0) is 12.5 Å². The molecule has 0 amide bonds. The Kier molecular flexibility index (Phi) is 4.61. The van der Waals surface area contributed by atoms with E-state index in [1.54, 1.807) is 25.9 Å². The molecule has 2 N–H and O–H groups in total. The van der Waals surface area contributed by atoms with Crippen molar-refractivity contribution < 1.29 is 13.3 Å². The van der Waals surface area contributed by atoms with E-state index < -0.39 is 14.9 Å². The quantitative estimate of drug-likeness (QED) is 0.579. The van der Waals surface area contributed by atoms with Gasteiger partial charge in [0.1, 0.15) is 5.82 Å². The molecule has 0 spiro atoms. The number of hydrogen-bond donors (Lipinski definition) is 2. The lowest BCUT2D eigenvalue weighted by atomic mass is 10.2. The minimum atomic E-state index is -3.91. The number of benzene rings is 1. The molecule has 0 saturated heterocycles. The third kappa shape index (κ3) is 3.81. The molecular weight excluding hydrogens is 324 g/mol. The largest absolute Gasteiger partial charge is 0.346 e. The molecule has 0 aliphatic rings. The molecule has 0 bridgehead atoms. The lowest BCUT2D eigenvalue weighted by Crippen LogP contribution is -2.24. The van der Waals surface area contributed by atoms with E-state index >= 15 is 0 Å². The van der Waals surface area contributed by atoms with Gasteiger partial charge < -0.3 is 4.90 Å². The van der Waals surface area contributed by atoms with Gasteiger partial charge >= 0.3 is 0 Å². The number of aromatic nitrogens is 3. The highest BCUT2D eigenvalue weighted by Crippen LogP contribution is 2.21. The predicted molar refractivity (Wildman–Crippen MR) is 82.6 cm³/mol. The Morgan fingerprint density at radius 1 is 1.39 bits per heavy atom. The average Bonchev–Trinajstić information content (AvgIpc) is 2.94. The monoisotopic (exact) mass is 340 g/mol. The summed E-state index contributed by atoms with van der Waals surface area (Å²) in [5, 5.41) is 17.3. The maximum absolute atomic E-state index is 12.3. The molecule has 1 aromatic carbocycles. The zero-order chi connectivity index (χ0) is 17.2. The maximum Gasteiger partial charge on any atom is 0.270 e. The highest BCUT2D eigenvalue weighted by molar-refractivity contribution is 7.89. The van der Waals surface area contributed by atoms with Crippen LogP contribution in [-0.4, -0.2) is 42.6 Å². The Morgan fingerprint density at radius 3 is 2.65 bits per heavy atom. The van der Waals surface area contributed by atoms with Crippen molar-refractivity contribution in [3.05, 3.63) is 39.7 Å². The highest BCUT2D eigenvalue weighted by Gasteiger charge is 2.21. The first-order valence-corrected chi connectivity index (χ1v) is 8.02. The number of rotatable bonds is 6. The molecule has 0 aliphatic heterocycles. The highest BCUT2D eigenvalue weighted by atomic mass is 32.2. The minimum Gasteiger partial charge on any atom is -0.346 e. The van der Waals surface area contributed by atoms with E-state index in [0.29, 0.717) is 17.3 Å². The number of nitro benzene ring substituents is 1. The standard InChI is InChI=1S/C12H16N6O4S/c1-8-4-5-9(18(19)20)6-10(8)23(21,22)13-7-11-14-12(16-15-11)17(2)3/h4-6,13H,7H2,1-3H3,(H,14,15,16). The number of nitrogens with one attached hydrogen (secondary N) is 2. The summed E-state index contributed by atoms with van der Waals surface area (Å²) in [7, 11) is -0.405. The van der Waals surface area contributed by atoms with Gasteiger partial charge in [0.2, 0.25) is 16.0 Å². The summed E-state index contributed by atoms with van der Waals surface area (Å²) in [5.74, 6) is 0.756. The molecule has 10 nitrogen and oxygen atoms in total. The van der Waals surface area contributed by atoms with Crippen LogP contribution >= 0.6 is 0 Å². The van der Waals surface area contributed by atoms with Crippen molar-refractivity contribution in [3.63, 3.8) is 0 Å². The zero-order valence-electron chi connectivity index (χ0n) is 12.8. The van der Waals surface area contributed by atoms with Crippen molar-refractivity contribution in [1.82, 2.24) is 19.9 Å². The van der Waals surface area contributed by atoms with Crippen LogP contribution in [0, 0.1) is 17.0 Å². The van der Waals surface area contributed by atoms with E-state index in [0.717, 1.165) is 6.07 Å². The Balaban J connectivity index is 2.21. The Morgan fingerprint density at radius 2 is 2.09 bits per heavy atom.